The SMILES string of the molecule is CCOc1ccc([C@@H]2C(C(=O)OC)=CN=c3s/c(=C/c4cc(C)n(-c5ccc(I)c(C)c5)c4C)c(=O)n32)cc1OCC. The maximum Gasteiger partial charge on any atom is 0.337 e. The fourth-order valence-corrected chi connectivity index (χ4v) is 6.52. The molecule has 0 N–H and O–H groups in total. The first kappa shape index (κ1) is 29.8. The van der Waals surface area contributed by atoms with Crippen LogP contribution >= 0.6 is 33.9 Å². The lowest BCUT2D eigenvalue weighted by molar-refractivity contribution is -0.136. The van der Waals surface area contributed by atoms with E-state index in [1.807, 2.05) is 32.1 Å². The summed E-state index contributed by atoms with van der Waals surface area (Å²) in [6.07, 6.45) is 3.40. The van der Waals surface area contributed by atoms with E-state index in [2.05, 4.69) is 77.2 Å². The number of halogens is 1. The van der Waals surface area contributed by atoms with Gasteiger partial charge in [0.1, 0.15) is 0 Å². The molecule has 5 rings (SSSR count). The molecule has 0 aliphatic carbocycles. The van der Waals surface area contributed by atoms with E-state index in [4.69, 9.17) is 14.2 Å². The number of carbonyl (C=O) groups is 1. The summed E-state index contributed by atoms with van der Waals surface area (Å²) in [5.74, 6) is 0.581. The number of nitrogens with zero attached hydrogens (tertiary/aromatic N) is 3. The fraction of sp³-hybridized carbons (Fsp3) is 0.281. The summed E-state index contributed by atoms with van der Waals surface area (Å²) in [6.45, 7) is 10.9. The zero-order chi connectivity index (χ0) is 30.1. The molecule has 0 saturated heterocycles. The van der Waals surface area contributed by atoms with Gasteiger partial charge in [0.05, 0.1) is 36.5 Å². The van der Waals surface area contributed by atoms with Gasteiger partial charge in [-0.2, -0.15) is 0 Å². The average Bonchev–Trinajstić information content (AvgIpc) is 3.44. The number of thiazole rings is 1. The maximum atomic E-state index is 14.0. The molecule has 2 aromatic heterocycles. The van der Waals surface area contributed by atoms with Gasteiger partial charge in [-0.1, -0.05) is 17.4 Å². The Labute approximate surface area is 261 Å². The Kier molecular flexibility index (Phi) is 8.74. The van der Waals surface area contributed by atoms with Gasteiger partial charge in [-0.15, -0.1) is 0 Å². The van der Waals surface area contributed by atoms with E-state index in [9.17, 15) is 9.59 Å². The summed E-state index contributed by atoms with van der Waals surface area (Å²) in [4.78, 5) is 31.9. The zero-order valence-electron chi connectivity index (χ0n) is 24.4. The van der Waals surface area contributed by atoms with Gasteiger partial charge in [-0.25, -0.2) is 9.79 Å². The highest BCUT2D eigenvalue weighted by Gasteiger charge is 2.31. The van der Waals surface area contributed by atoms with Crippen LogP contribution in [0, 0.1) is 24.3 Å². The number of hydrogen-bond donors (Lipinski definition) is 0. The second kappa shape index (κ2) is 12.3. The second-order valence-electron chi connectivity index (χ2n) is 9.84. The fourth-order valence-electron chi connectivity index (χ4n) is 5.23. The number of esters is 1. The van der Waals surface area contributed by atoms with E-state index >= 15 is 0 Å². The number of methoxy groups -OCH3 is 1. The van der Waals surface area contributed by atoms with Crippen LogP contribution in [-0.4, -0.2) is 35.4 Å². The van der Waals surface area contributed by atoms with Gasteiger partial charge >= 0.3 is 5.97 Å². The average molecular weight is 698 g/mol. The van der Waals surface area contributed by atoms with Crippen molar-refractivity contribution in [2.45, 2.75) is 40.7 Å². The summed E-state index contributed by atoms with van der Waals surface area (Å²) < 4.78 is 22.2. The van der Waals surface area contributed by atoms with E-state index in [0.29, 0.717) is 39.6 Å². The Bertz CT molecular complexity index is 1900. The molecule has 0 saturated carbocycles. The summed E-state index contributed by atoms with van der Waals surface area (Å²) in [6, 6.07) is 13.2. The Hall–Kier alpha value is -3.64. The molecule has 0 unspecified atom stereocenters. The summed E-state index contributed by atoms with van der Waals surface area (Å²) in [7, 11) is 1.32. The molecule has 4 aromatic rings. The van der Waals surface area contributed by atoms with Crippen molar-refractivity contribution in [3.63, 3.8) is 0 Å². The van der Waals surface area contributed by atoms with Crippen LogP contribution in [0.5, 0.6) is 11.5 Å². The molecular formula is C32H32IN3O5S. The molecule has 1 aliphatic rings. The van der Waals surface area contributed by atoms with Crippen LogP contribution in [0.25, 0.3) is 11.8 Å². The predicted octanol–water partition coefficient (Wildman–Crippen LogP) is 5.14. The smallest absolute Gasteiger partial charge is 0.337 e. The van der Waals surface area contributed by atoms with Gasteiger partial charge < -0.3 is 18.8 Å². The van der Waals surface area contributed by atoms with Gasteiger partial charge in [0.25, 0.3) is 5.56 Å². The topological polar surface area (TPSA) is 84.0 Å². The molecule has 0 spiro atoms. The molecule has 1 aliphatic heterocycles. The lowest BCUT2D eigenvalue weighted by atomic mass is 9.97. The molecule has 42 heavy (non-hydrogen) atoms. The highest BCUT2D eigenvalue weighted by Crippen LogP contribution is 2.35. The Morgan fingerprint density at radius 3 is 2.48 bits per heavy atom. The van der Waals surface area contributed by atoms with Gasteiger partial charge in [-0.05, 0) is 116 Å². The van der Waals surface area contributed by atoms with Crippen molar-refractivity contribution in [3.05, 3.63) is 106 Å². The van der Waals surface area contributed by atoms with E-state index in [0.717, 1.165) is 22.6 Å². The molecule has 8 nitrogen and oxygen atoms in total. The third kappa shape index (κ3) is 5.45. The first-order valence-corrected chi connectivity index (χ1v) is 15.5. The van der Waals surface area contributed by atoms with E-state index < -0.39 is 12.0 Å². The van der Waals surface area contributed by atoms with Crippen molar-refractivity contribution in [1.82, 2.24) is 9.13 Å². The summed E-state index contributed by atoms with van der Waals surface area (Å²) >= 11 is 3.63. The highest BCUT2D eigenvalue weighted by atomic mass is 127. The number of benzene rings is 2. The van der Waals surface area contributed by atoms with E-state index in [1.165, 1.54) is 33.8 Å². The number of ether oxygens (including phenoxy) is 3. The number of hydrogen-bond acceptors (Lipinski definition) is 7. The maximum absolute atomic E-state index is 14.0. The van der Waals surface area contributed by atoms with Crippen LogP contribution in [0.4, 0.5) is 0 Å². The molecular weight excluding hydrogens is 665 g/mol. The predicted molar refractivity (Wildman–Crippen MR) is 173 cm³/mol. The number of aryl methyl sites for hydroxylation is 2. The number of carbonyl (C=O) groups excluding carboxylic acids is 1. The quantitative estimate of drug-likeness (QED) is 0.188. The third-order valence-corrected chi connectivity index (χ3v) is 9.37. The van der Waals surface area contributed by atoms with Gasteiger partial charge in [-0.3, -0.25) is 9.36 Å². The second-order valence-corrected chi connectivity index (χ2v) is 12.0. The standard InChI is InChI=1S/C32H32IN3O5S/c1-7-40-26-12-9-21(15-27(26)41-8-2)29-24(31(38)39-6)17-34-32-36(29)30(37)28(42-32)16-22-14-19(4)35(20(22)5)23-10-11-25(33)18(3)13-23/h9-17,29H,7-8H2,1-6H3/b28-16+/t29-/m1/s1. The minimum absolute atomic E-state index is 0.236. The van der Waals surface area contributed by atoms with Crippen LogP contribution in [0.1, 0.15) is 48.0 Å². The Morgan fingerprint density at radius 2 is 1.79 bits per heavy atom. The molecule has 3 heterocycles. The molecule has 2 aromatic carbocycles. The Balaban J connectivity index is 1.66. The molecule has 10 heteroatoms. The van der Waals surface area contributed by atoms with Crippen molar-refractivity contribution < 1.29 is 19.0 Å². The molecule has 0 bridgehead atoms. The van der Waals surface area contributed by atoms with Crippen LogP contribution in [0.3, 0.4) is 0 Å². The van der Waals surface area contributed by atoms with Crippen molar-refractivity contribution in [2.75, 3.05) is 20.3 Å². The van der Waals surface area contributed by atoms with E-state index in [-0.39, 0.29) is 11.1 Å². The van der Waals surface area contributed by atoms with Crippen LogP contribution in [0.15, 0.2) is 64.0 Å². The van der Waals surface area contributed by atoms with Gasteiger partial charge in [0.15, 0.2) is 16.3 Å². The monoisotopic (exact) mass is 697 g/mol. The van der Waals surface area contributed by atoms with Gasteiger partial charge in [0, 0.05) is 26.8 Å². The van der Waals surface area contributed by atoms with Crippen LogP contribution < -0.4 is 24.4 Å². The summed E-state index contributed by atoms with van der Waals surface area (Å²) in [5.41, 5.74) is 6.03. The normalized spacial score (nSPS) is 14.7. The van der Waals surface area contributed by atoms with Crippen molar-refractivity contribution in [2.24, 2.45) is 4.99 Å². The van der Waals surface area contributed by atoms with Crippen LogP contribution in [0.2, 0.25) is 0 Å². The first-order chi connectivity index (χ1) is 20.2. The highest BCUT2D eigenvalue weighted by molar-refractivity contribution is 14.1. The van der Waals surface area contributed by atoms with Crippen LogP contribution in [-0.2, 0) is 9.53 Å². The van der Waals surface area contributed by atoms with E-state index in [1.54, 1.807) is 10.6 Å². The number of fused-ring (bicyclic) bond motifs is 1. The zero-order valence-corrected chi connectivity index (χ0v) is 27.3. The molecule has 0 radical (unpaired) electrons. The lowest BCUT2D eigenvalue weighted by Gasteiger charge is -2.23. The minimum atomic E-state index is -0.743. The summed E-state index contributed by atoms with van der Waals surface area (Å²) in [5, 5.41) is 0. The molecule has 1 atom stereocenters. The largest absolute Gasteiger partial charge is 0.490 e. The lowest BCUT2D eigenvalue weighted by Crippen LogP contribution is -2.39. The molecule has 0 amide bonds. The molecule has 0 fully saturated rings. The Morgan fingerprint density at radius 1 is 1.05 bits per heavy atom. The third-order valence-electron chi connectivity index (χ3n) is 7.16. The van der Waals surface area contributed by atoms with Gasteiger partial charge in [0.2, 0.25) is 0 Å². The van der Waals surface area contributed by atoms with Crippen molar-refractivity contribution in [1.29, 1.82) is 0 Å². The van der Waals surface area contributed by atoms with Crippen molar-refractivity contribution in [3.8, 4) is 17.2 Å². The number of rotatable bonds is 8. The van der Waals surface area contributed by atoms with Crippen molar-refractivity contribution >= 4 is 46.0 Å². The first-order valence-electron chi connectivity index (χ1n) is 13.6. The number of aromatic nitrogens is 2. The minimum Gasteiger partial charge on any atom is -0.490 e. The molecule has 218 valence electrons.